The maximum Gasteiger partial charge on any atom is 0.500 e. The number of hydrogen-bond donors (Lipinski definition) is 1. The Morgan fingerprint density at radius 3 is 1.63 bits per heavy atom. The van der Waals surface area contributed by atoms with Crippen molar-refractivity contribution < 1.29 is 22.8 Å². The zero-order chi connectivity index (χ0) is 27.1. The molecular weight excluding hydrogens is 494 g/mol. The number of carbonyl (C=O) groups excluding carboxylic acids is 1. The highest BCUT2D eigenvalue weighted by Gasteiger charge is 2.39. The minimum Gasteiger partial charge on any atom is -0.445 e. The molecule has 38 heavy (non-hydrogen) atoms. The van der Waals surface area contributed by atoms with Gasteiger partial charge in [-0.2, -0.15) is 0 Å². The molecule has 0 aliphatic carbocycles. The van der Waals surface area contributed by atoms with Crippen molar-refractivity contribution in [1.29, 1.82) is 0 Å². The molecule has 0 bridgehead atoms. The SMILES string of the molecule is CCO[Si](CCCNC(=O)OCc1cc(Cc2ccccc2)cc(Cc2ccccc2)c1)(OCC)OCC. The quantitative estimate of drug-likeness (QED) is 0.167. The first-order valence-corrected chi connectivity index (χ1v) is 15.5. The molecule has 0 spiro atoms. The molecule has 6 nitrogen and oxygen atoms in total. The van der Waals surface area contributed by atoms with E-state index in [0.29, 0.717) is 38.8 Å². The van der Waals surface area contributed by atoms with Gasteiger partial charge in [0.25, 0.3) is 0 Å². The van der Waals surface area contributed by atoms with Crippen LogP contribution in [-0.2, 0) is 37.5 Å². The first kappa shape index (κ1) is 29.6. The van der Waals surface area contributed by atoms with E-state index in [1.54, 1.807) is 0 Å². The summed E-state index contributed by atoms with van der Waals surface area (Å²) in [5.41, 5.74) is 5.88. The average Bonchev–Trinajstić information content (AvgIpc) is 2.91. The van der Waals surface area contributed by atoms with Crippen LogP contribution in [0, 0.1) is 0 Å². The lowest BCUT2D eigenvalue weighted by Crippen LogP contribution is -2.46. The molecule has 7 heteroatoms. The number of ether oxygens (including phenoxy) is 1. The minimum absolute atomic E-state index is 0.214. The van der Waals surface area contributed by atoms with Crippen LogP contribution in [0.2, 0.25) is 6.04 Å². The zero-order valence-electron chi connectivity index (χ0n) is 22.9. The third-order valence-electron chi connectivity index (χ3n) is 6.01. The summed E-state index contributed by atoms with van der Waals surface area (Å²) in [5.74, 6) is 0. The normalized spacial score (nSPS) is 11.3. The average molecular weight is 536 g/mol. The fourth-order valence-electron chi connectivity index (χ4n) is 4.49. The molecule has 0 fully saturated rings. The number of hydrogen-bond acceptors (Lipinski definition) is 5. The zero-order valence-corrected chi connectivity index (χ0v) is 23.9. The summed E-state index contributed by atoms with van der Waals surface area (Å²) in [4.78, 5) is 12.5. The molecule has 0 atom stereocenters. The number of benzene rings is 3. The van der Waals surface area contributed by atoms with Crippen LogP contribution in [0.15, 0.2) is 78.9 Å². The summed E-state index contributed by atoms with van der Waals surface area (Å²) >= 11 is 0. The van der Waals surface area contributed by atoms with E-state index >= 15 is 0 Å². The van der Waals surface area contributed by atoms with E-state index in [2.05, 4.69) is 72.0 Å². The number of nitrogens with one attached hydrogen (secondary N) is 1. The third kappa shape index (κ3) is 10.1. The molecular formula is C31H41NO5Si. The van der Waals surface area contributed by atoms with Gasteiger partial charge in [-0.15, -0.1) is 0 Å². The molecule has 0 aromatic heterocycles. The minimum atomic E-state index is -2.71. The molecule has 0 unspecified atom stereocenters. The van der Waals surface area contributed by atoms with Crippen molar-refractivity contribution in [3.63, 3.8) is 0 Å². The van der Waals surface area contributed by atoms with Crippen LogP contribution >= 0.6 is 0 Å². The number of rotatable bonds is 16. The molecule has 204 valence electrons. The Morgan fingerprint density at radius 1 is 0.684 bits per heavy atom. The molecule has 3 aromatic carbocycles. The predicted molar refractivity (Wildman–Crippen MR) is 153 cm³/mol. The van der Waals surface area contributed by atoms with Crippen molar-refractivity contribution in [3.8, 4) is 0 Å². The second-order valence-corrected chi connectivity index (χ2v) is 11.8. The Kier molecular flexibility index (Phi) is 12.5. The Bertz CT molecular complexity index is 1020. The Balaban J connectivity index is 1.58. The summed E-state index contributed by atoms with van der Waals surface area (Å²) in [7, 11) is -2.71. The van der Waals surface area contributed by atoms with Crippen LogP contribution in [0.1, 0.15) is 55.0 Å². The lowest BCUT2D eigenvalue weighted by atomic mass is 9.96. The topological polar surface area (TPSA) is 66.0 Å². The summed E-state index contributed by atoms with van der Waals surface area (Å²) in [6, 6.07) is 28.0. The Labute approximate surface area is 228 Å². The highest BCUT2D eigenvalue weighted by Crippen LogP contribution is 2.19. The van der Waals surface area contributed by atoms with Crippen LogP contribution in [0.4, 0.5) is 4.79 Å². The van der Waals surface area contributed by atoms with Crippen LogP contribution in [-0.4, -0.2) is 41.3 Å². The van der Waals surface area contributed by atoms with Gasteiger partial charge in [0.15, 0.2) is 0 Å². The fraction of sp³-hybridized carbons (Fsp3) is 0.387. The molecule has 3 rings (SSSR count). The van der Waals surface area contributed by atoms with E-state index in [0.717, 1.165) is 18.4 Å². The van der Waals surface area contributed by atoms with Gasteiger partial charge in [-0.1, -0.05) is 78.9 Å². The lowest BCUT2D eigenvalue weighted by molar-refractivity contribution is 0.0706. The van der Waals surface area contributed by atoms with Crippen LogP contribution in [0.3, 0.4) is 0 Å². The maximum absolute atomic E-state index is 12.5. The summed E-state index contributed by atoms with van der Waals surface area (Å²) in [5, 5.41) is 2.86. The first-order valence-electron chi connectivity index (χ1n) is 13.6. The molecule has 1 N–H and O–H groups in total. The van der Waals surface area contributed by atoms with E-state index < -0.39 is 14.9 Å². The van der Waals surface area contributed by atoms with Gasteiger partial charge < -0.3 is 23.3 Å². The largest absolute Gasteiger partial charge is 0.500 e. The van der Waals surface area contributed by atoms with Gasteiger partial charge in [0.05, 0.1) is 0 Å². The van der Waals surface area contributed by atoms with Crippen LogP contribution < -0.4 is 5.32 Å². The molecule has 0 heterocycles. The van der Waals surface area contributed by atoms with Gasteiger partial charge in [-0.05, 0) is 67.9 Å². The molecule has 0 saturated heterocycles. The number of amides is 1. The Hall–Kier alpha value is -2.97. The summed E-state index contributed by atoms with van der Waals surface area (Å²) < 4.78 is 23.2. The lowest BCUT2D eigenvalue weighted by Gasteiger charge is -2.28. The van der Waals surface area contributed by atoms with Gasteiger partial charge in [0.1, 0.15) is 6.61 Å². The van der Waals surface area contributed by atoms with Gasteiger partial charge >= 0.3 is 14.9 Å². The van der Waals surface area contributed by atoms with Crippen molar-refractivity contribution in [3.05, 3.63) is 107 Å². The molecule has 1 amide bonds. The van der Waals surface area contributed by atoms with Crippen LogP contribution in [0.25, 0.3) is 0 Å². The summed E-state index contributed by atoms with van der Waals surface area (Å²) in [6.45, 7) is 8.12. The van der Waals surface area contributed by atoms with Gasteiger partial charge in [-0.25, -0.2) is 4.79 Å². The number of alkyl carbamates (subject to hydrolysis) is 1. The second kappa shape index (κ2) is 16.1. The smallest absolute Gasteiger partial charge is 0.445 e. The molecule has 3 aromatic rings. The highest BCUT2D eigenvalue weighted by atomic mass is 28.4. The van der Waals surface area contributed by atoms with Crippen molar-refractivity contribution in [2.45, 2.75) is 52.7 Å². The van der Waals surface area contributed by atoms with E-state index in [9.17, 15) is 4.79 Å². The van der Waals surface area contributed by atoms with Gasteiger partial charge in [-0.3, -0.25) is 0 Å². The maximum atomic E-state index is 12.5. The highest BCUT2D eigenvalue weighted by molar-refractivity contribution is 6.60. The third-order valence-corrected chi connectivity index (χ3v) is 9.16. The van der Waals surface area contributed by atoms with E-state index in [-0.39, 0.29) is 6.61 Å². The van der Waals surface area contributed by atoms with Gasteiger partial charge in [0, 0.05) is 32.4 Å². The van der Waals surface area contributed by atoms with Crippen molar-refractivity contribution >= 4 is 14.9 Å². The Morgan fingerprint density at radius 2 is 1.16 bits per heavy atom. The van der Waals surface area contributed by atoms with Crippen molar-refractivity contribution in [2.75, 3.05) is 26.4 Å². The standard InChI is InChI=1S/C31H41NO5Si/c1-4-35-38(36-5-2,37-6-3)19-13-18-32-31(33)34-25-30-23-28(20-26-14-9-7-10-15-26)22-29(24-30)21-27-16-11-8-12-17-27/h7-12,14-17,22-24H,4-6,13,18-21,25H2,1-3H3,(H,32,33). The van der Waals surface area contributed by atoms with Crippen molar-refractivity contribution in [1.82, 2.24) is 5.32 Å². The monoisotopic (exact) mass is 535 g/mol. The fourth-order valence-corrected chi connectivity index (χ4v) is 7.10. The van der Waals surface area contributed by atoms with Crippen molar-refractivity contribution in [2.24, 2.45) is 0 Å². The molecule has 0 saturated carbocycles. The first-order chi connectivity index (χ1) is 18.6. The predicted octanol–water partition coefficient (Wildman–Crippen LogP) is 6.53. The molecule has 0 aliphatic heterocycles. The van der Waals surface area contributed by atoms with E-state index in [1.165, 1.54) is 22.3 Å². The summed E-state index contributed by atoms with van der Waals surface area (Å²) in [6.07, 6.45) is 1.91. The van der Waals surface area contributed by atoms with Crippen LogP contribution in [0.5, 0.6) is 0 Å². The molecule has 0 aliphatic rings. The van der Waals surface area contributed by atoms with E-state index in [4.69, 9.17) is 18.0 Å². The van der Waals surface area contributed by atoms with Gasteiger partial charge in [0.2, 0.25) is 0 Å². The second-order valence-electron chi connectivity index (χ2n) is 9.07. The number of carbonyl (C=O) groups is 1. The molecule has 0 radical (unpaired) electrons. The van der Waals surface area contributed by atoms with E-state index in [1.807, 2.05) is 32.9 Å².